The third kappa shape index (κ3) is 3.99. The first-order valence-electron chi connectivity index (χ1n) is 18.3. The molecule has 52 heavy (non-hydrogen) atoms. The average Bonchev–Trinajstić information content (AvgIpc) is 3.75. The van der Waals surface area contributed by atoms with Crippen LogP contribution in [0.3, 0.4) is 0 Å². The summed E-state index contributed by atoms with van der Waals surface area (Å²) in [6.07, 6.45) is 2.22. The van der Waals surface area contributed by atoms with Crippen molar-refractivity contribution in [3.05, 3.63) is 221 Å². The predicted octanol–water partition coefficient (Wildman–Crippen LogP) is 13.1. The molecule has 7 aromatic carbocycles. The zero-order valence-corrected chi connectivity index (χ0v) is 29.8. The molecule has 7 aromatic rings. The normalized spacial score (nSPS) is 14.9. The summed E-state index contributed by atoms with van der Waals surface area (Å²) < 4.78 is 0. The monoisotopic (exact) mass is 665 g/mol. The fourth-order valence-corrected chi connectivity index (χ4v) is 9.71. The van der Waals surface area contributed by atoms with E-state index in [2.05, 4.69) is 196 Å². The van der Waals surface area contributed by atoms with Crippen LogP contribution >= 0.6 is 0 Å². The van der Waals surface area contributed by atoms with Gasteiger partial charge in [0.15, 0.2) is 0 Å². The van der Waals surface area contributed by atoms with Crippen LogP contribution in [0.1, 0.15) is 59.7 Å². The van der Waals surface area contributed by atoms with Gasteiger partial charge in [0.1, 0.15) is 0 Å². The minimum atomic E-state index is -0.422. The van der Waals surface area contributed by atoms with Gasteiger partial charge in [0.2, 0.25) is 0 Å². The minimum Gasteiger partial charge on any atom is -0.310 e. The lowest BCUT2D eigenvalue weighted by molar-refractivity contribution is 0.660. The Balaban J connectivity index is 1.24. The molecule has 248 valence electrons. The fraction of sp³-hybridized carbons (Fsp3) is 0.0980. The first kappa shape index (κ1) is 30.6. The average molecular weight is 666 g/mol. The van der Waals surface area contributed by atoms with Crippen molar-refractivity contribution in [3.8, 4) is 33.4 Å². The number of allylic oxidation sites excluding steroid dienone is 2. The van der Waals surface area contributed by atoms with Crippen molar-refractivity contribution in [2.75, 3.05) is 4.90 Å². The van der Waals surface area contributed by atoms with Crippen molar-refractivity contribution in [2.45, 2.75) is 31.6 Å². The molecule has 0 aromatic heterocycles. The van der Waals surface area contributed by atoms with E-state index in [9.17, 15) is 0 Å². The highest BCUT2D eigenvalue weighted by atomic mass is 15.2. The zero-order chi connectivity index (χ0) is 35.2. The Labute approximate surface area is 306 Å². The lowest BCUT2D eigenvalue weighted by Crippen LogP contribution is -2.26. The minimum absolute atomic E-state index is 0.124. The van der Waals surface area contributed by atoms with E-state index in [1.54, 1.807) is 0 Å². The van der Waals surface area contributed by atoms with E-state index in [1.807, 2.05) is 0 Å². The summed E-state index contributed by atoms with van der Waals surface area (Å²) in [5.41, 5.74) is 20.8. The standard InChI is InChI=1S/C51H39N/c1-5-49(33(2)34-17-7-6-8-18-34)52(35-27-29-41-37-19-9-13-23-43(37)50(3,4)47(41)31-35)36-28-30-42-40-22-12-16-26-46(40)51(48(42)32-36)44-24-14-10-20-38(44)39-21-11-15-25-45(39)51/h5-32H,2H2,1,3-4H3/b49-5+. The van der Waals surface area contributed by atoms with Crippen molar-refractivity contribution < 1.29 is 0 Å². The molecule has 0 saturated heterocycles. The lowest BCUT2D eigenvalue weighted by Gasteiger charge is -2.34. The summed E-state index contributed by atoms with van der Waals surface area (Å²) in [5, 5.41) is 0. The van der Waals surface area contributed by atoms with Crippen molar-refractivity contribution in [2.24, 2.45) is 0 Å². The van der Waals surface area contributed by atoms with E-state index in [0.717, 1.165) is 28.2 Å². The third-order valence-corrected chi connectivity index (χ3v) is 12.0. The molecule has 1 heteroatoms. The molecular formula is C51H39N. The van der Waals surface area contributed by atoms with Gasteiger partial charge in [-0.05, 0) is 109 Å². The molecule has 0 heterocycles. The van der Waals surface area contributed by atoms with E-state index in [1.165, 1.54) is 66.8 Å². The Morgan fingerprint density at radius 3 is 1.38 bits per heavy atom. The maximum atomic E-state index is 4.73. The number of fused-ring (bicyclic) bond motifs is 13. The van der Waals surface area contributed by atoms with Gasteiger partial charge in [0.05, 0.1) is 5.41 Å². The van der Waals surface area contributed by atoms with Crippen molar-refractivity contribution in [3.63, 3.8) is 0 Å². The number of anilines is 2. The maximum Gasteiger partial charge on any atom is 0.0726 e. The Kier molecular flexibility index (Phi) is 6.57. The van der Waals surface area contributed by atoms with Crippen LogP contribution < -0.4 is 4.90 Å². The van der Waals surface area contributed by atoms with Crippen molar-refractivity contribution >= 4 is 16.9 Å². The summed E-state index contributed by atoms with van der Waals surface area (Å²) >= 11 is 0. The van der Waals surface area contributed by atoms with Gasteiger partial charge in [-0.25, -0.2) is 0 Å². The molecule has 0 aliphatic heterocycles. The van der Waals surface area contributed by atoms with Crippen LogP contribution in [0.4, 0.5) is 11.4 Å². The zero-order valence-electron chi connectivity index (χ0n) is 29.8. The van der Waals surface area contributed by atoms with Crippen LogP contribution in [0.5, 0.6) is 0 Å². The van der Waals surface area contributed by atoms with Gasteiger partial charge in [-0.15, -0.1) is 0 Å². The second kappa shape index (κ2) is 11.2. The van der Waals surface area contributed by atoms with Crippen molar-refractivity contribution in [1.82, 2.24) is 0 Å². The van der Waals surface area contributed by atoms with Crippen LogP contribution in [0.15, 0.2) is 182 Å². The van der Waals surface area contributed by atoms with E-state index in [-0.39, 0.29) is 5.41 Å². The first-order valence-corrected chi connectivity index (χ1v) is 18.3. The van der Waals surface area contributed by atoms with E-state index in [0.29, 0.717) is 0 Å². The molecule has 0 saturated carbocycles. The molecule has 1 nitrogen and oxygen atoms in total. The third-order valence-electron chi connectivity index (χ3n) is 12.0. The summed E-state index contributed by atoms with van der Waals surface area (Å²) in [7, 11) is 0. The largest absolute Gasteiger partial charge is 0.310 e. The van der Waals surface area contributed by atoms with E-state index in [4.69, 9.17) is 6.58 Å². The second-order valence-corrected chi connectivity index (χ2v) is 14.9. The molecule has 0 radical (unpaired) electrons. The molecule has 0 fully saturated rings. The van der Waals surface area contributed by atoms with Gasteiger partial charge in [-0.2, -0.15) is 0 Å². The van der Waals surface area contributed by atoms with Gasteiger partial charge < -0.3 is 4.90 Å². The predicted molar refractivity (Wildman–Crippen MR) is 218 cm³/mol. The van der Waals surface area contributed by atoms with Crippen LogP contribution in [-0.2, 0) is 10.8 Å². The Hall–Kier alpha value is -6.18. The summed E-state index contributed by atoms with van der Waals surface area (Å²) in [5.74, 6) is 0. The number of hydrogen-bond acceptors (Lipinski definition) is 1. The molecule has 0 atom stereocenters. The van der Waals surface area contributed by atoms with E-state index >= 15 is 0 Å². The van der Waals surface area contributed by atoms with Gasteiger partial charge in [-0.3, -0.25) is 0 Å². The van der Waals surface area contributed by atoms with Gasteiger partial charge >= 0.3 is 0 Å². The summed E-state index contributed by atoms with van der Waals surface area (Å²) in [6.45, 7) is 11.6. The molecule has 3 aliphatic rings. The van der Waals surface area contributed by atoms with Gasteiger partial charge in [-0.1, -0.05) is 166 Å². The molecule has 0 unspecified atom stereocenters. The summed E-state index contributed by atoms with van der Waals surface area (Å²) in [6, 6.07) is 60.8. The highest BCUT2D eigenvalue weighted by Gasteiger charge is 2.51. The van der Waals surface area contributed by atoms with Crippen LogP contribution in [0, 0.1) is 0 Å². The topological polar surface area (TPSA) is 3.24 Å². The molecule has 0 N–H and O–H groups in total. The van der Waals surface area contributed by atoms with Crippen LogP contribution in [-0.4, -0.2) is 0 Å². The molecule has 0 bridgehead atoms. The number of benzene rings is 7. The molecule has 0 amide bonds. The Morgan fingerprint density at radius 1 is 0.462 bits per heavy atom. The SMILES string of the molecule is C=C(/C(=C\C)N(c1ccc2c(c1)C(C)(C)c1ccccc1-2)c1ccc2c(c1)C1(c3ccccc3-c3ccccc31)c1ccccc1-2)c1ccccc1. The summed E-state index contributed by atoms with van der Waals surface area (Å²) in [4.78, 5) is 2.44. The molecule has 1 spiro atoms. The van der Waals surface area contributed by atoms with E-state index < -0.39 is 5.41 Å². The van der Waals surface area contributed by atoms with Gasteiger partial charge in [0, 0.05) is 22.5 Å². The second-order valence-electron chi connectivity index (χ2n) is 14.9. The maximum absolute atomic E-state index is 4.73. The Morgan fingerprint density at radius 2 is 0.865 bits per heavy atom. The highest BCUT2D eigenvalue weighted by Crippen LogP contribution is 2.63. The Bertz CT molecular complexity index is 2570. The lowest BCUT2D eigenvalue weighted by atomic mass is 9.70. The van der Waals surface area contributed by atoms with Crippen LogP contribution in [0.2, 0.25) is 0 Å². The number of nitrogens with zero attached hydrogens (tertiary/aromatic N) is 1. The molecular weight excluding hydrogens is 627 g/mol. The molecule has 3 aliphatic carbocycles. The molecule has 10 rings (SSSR count). The number of rotatable bonds is 5. The smallest absolute Gasteiger partial charge is 0.0726 e. The quantitative estimate of drug-likeness (QED) is 0.165. The van der Waals surface area contributed by atoms with Gasteiger partial charge in [0.25, 0.3) is 0 Å². The fourth-order valence-electron chi connectivity index (χ4n) is 9.71. The first-order chi connectivity index (χ1) is 25.4. The van der Waals surface area contributed by atoms with Crippen LogP contribution in [0.25, 0.3) is 39.0 Å². The highest BCUT2D eigenvalue weighted by molar-refractivity contribution is 5.97. The van der Waals surface area contributed by atoms with Crippen molar-refractivity contribution in [1.29, 1.82) is 0 Å². The number of hydrogen-bond donors (Lipinski definition) is 0.